The van der Waals surface area contributed by atoms with Crippen molar-refractivity contribution in [2.24, 2.45) is 0 Å². The summed E-state index contributed by atoms with van der Waals surface area (Å²) in [4.78, 5) is 10.4. The van der Waals surface area contributed by atoms with Gasteiger partial charge in [0.1, 0.15) is 6.54 Å². The van der Waals surface area contributed by atoms with Crippen LogP contribution in [0, 0.1) is 6.92 Å². The number of carboxylic acids is 1. The number of hydrogen-bond acceptors (Lipinski definition) is 3. The number of hydrogen-bond donors (Lipinski definition) is 0. The second kappa shape index (κ2) is 2.74. The molecule has 60 valence electrons. The standard InChI is InChI=1S/C7H9NO3/c1-3-8-5(2)4-11-6(8)7(9)10/h4H,3H2,1-2H3. The quantitative estimate of drug-likeness (QED) is 0.528. The van der Waals surface area contributed by atoms with E-state index in [0.717, 1.165) is 5.69 Å². The molecular weight excluding hydrogens is 146 g/mol. The molecule has 0 radical (unpaired) electrons. The number of carbonyl (C=O) groups excluding carboxylic acids is 1. The molecule has 0 unspecified atom stereocenters. The van der Waals surface area contributed by atoms with E-state index in [2.05, 4.69) is 0 Å². The minimum absolute atomic E-state index is 0.120. The molecule has 4 heteroatoms. The molecule has 0 fully saturated rings. The van der Waals surface area contributed by atoms with Crippen molar-refractivity contribution in [2.75, 3.05) is 0 Å². The van der Waals surface area contributed by atoms with E-state index in [1.807, 2.05) is 6.92 Å². The number of nitrogens with zero attached hydrogens (tertiary/aromatic N) is 1. The lowest BCUT2D eigenvalue weighted by Gasteiger charge is -1.93. The zero-order chi connectivity index (χ0) is 8.43. The highest BCUT2D eigenvalue weighted by Crippen LogP contribution is 1.96. The summed E-state index contributed by atoms with van der Waals surface area (Å²) in [6, 6.07) is 0. The zero-order valence-electron chi connectivity index (χ0n) is 6.46. The minimum Gasteiger partial charge on any atom is -0.537 e. The van der Waals surface area contributed by atoms with E-state index >= 15 is 0 Å². The summed E-state index contributed by atoms with van der Waals surface area (Å²) in [5, 5.41) is 10.4. The number of oxazole rings is 1. The minimum atomic E-state index is -1.28. The first-order valence-electron chi connectivity index (χ1n) is 3.36. The van der Waals surface area contributed by atoms with Crippen LogP contribution in [0.4, 0.5) is 0 Å². The van der Waals surface area contributed by atoms with Gasteiger partial charge in [0.05, 0.1) is 0 Å². The summed E-state index contributed by atoms with van der Waals surface area (Å²) >= 11 is 0. The Morgan fingerprint density at radius 1 is 1.82 bits per heavy atom. The first-order valence-corrected chi connectivity index (χ1v) is 3.36. The number of aromatic carboxylic acids is 1. The van der Waals surface area contributed by atoms with Crippen molar-refractivity contribution in [3.05, 3.63) is 17.8 Å². The van der Waals surface area contributed by atoms with Crippen molar-refractivity contribution in [2.45, 2.75) is 20.4 Å². The largest absolute Gasteiger partial charge is 0.537 e. The molecule has 0 atom stereocenters. The SMILES string of the molecule is CC[n+]1c(C)coc1C(=O)[O-]. The summed E-state index contributed by atoms with van der Waals surface area (Å²) < 4.78 is 6.29. The maximum atomic E-state index is 10.4. The predicted octanol–water partition coefficient (Wildman–Crippen LogP) is -0.741. The smallest absolute Gasteiger partial charge is 0.396 e. The molecule has 0 aliphatic carbocycles. The lowest BCUT2D eigenvalue weighted by molar-refractivity contribution is -0.706. The number of carbonyl (C=O) groups is 1. The lowest BCUT2D eigenvalue weighted by Crippen LogP contribution is -2.43. The molecule has 1 rings (SSSR count). The molecule has 0 bridgehead atoms. The third-order valence-corrected chi connectivity index (χ3v) is 1.50. The van der Waals surface area contributed by atoms with Crippen LogP contribution in [0.3, 0.4) is 0 Å². The second-order valence-electron chi connectivity index (χ2n) is 2.21. The average Bonchev–Trinajstić information content (AvgIpc) is 2.30. The van der Waals surface area contributed by atoms with E-state index in [-0.39, 0.29) is 5.89 Å². The van der Waals surface area contributed by atoms with Gasteiger partial charge in [-0.25, -0.2) is 0 Å². The fourth-order valence-electron chi connectivity index (χ4n) is 0.980. The number of aryl methyl sites for hydroxylation is 1. The van der Waals surface area contributed by atoms with Gasteiger partial charge >= 0.3 is 5.89 Å². The lowest BCUT2D eigenvalue weighted by atomic mass is 10.5. The van der Waals surface area contributed by atoms with Crippen LogP contribution in [0.2, 0.25) is 0 Å². The Morgan fingerprint density at radius 3 is 2.82 bits per heavy atom. The van der Waals surface area contributed by atoms with Gasteiger partial charge in [-0.15, -0.1) is 0 Å². The first-order chi connectivity index (χ1) is 5.16. The van der Waals surface area contributed by atoms with E-state index in [1.165, 1.54) is 10.8 Å². The maximum absolute atomic E-state index is 10.4. The third-order valence-electron chi connectivity index (χ3n) is 1.50. The molecule has 1 aromatic heterocycles. The van der Waals surface area contributed by atoms with Gasteiger partial charge in [-0.3, -0.25) is 0 Å². The monoisotopic (exact) mass is 155 g/mol. The van der Waals surface area contributed by atoms with Crippen LogP contribution >= 0.6 is 0 Å². The second-order valence-corrected chi connectivity index (χ2v) is 2.21. The zero-order valence-corrected chi connectivity index (χ0v) is 6.46. The highest BCUT2D eigenvalue weighted by Gasteiger charge is 2.17. The van der Waals surface area contributed by atoms with Gasteiger partial charge < -0.3 is 14.3 Å². The normalized spacial score (nSPS) is 10.0. The summed E-state index contributed by atoms with van der Waals surface area (Å²) in [5.74, 6) is -1.40. The van der Waals surface area contributed by atoms with Crippen LogP contribution in [-0.4, -0.2) is 5.97 Å². The number of rotatable bonds is 2. The fourth-order valence-corrected chi connectivity index (χ4v) is 0.980. The molecule has 0 amide bonds. The Bertz CT molecular complexity index is 277. The van der Waals surface area contributed by atoms with E-state index in [0.29, 0.717) is 6.54 Å². The van der Waals surface area contributed by atoms with Gasteiger partial charge in [0.2, 0.25) is 5.69 Å². The Morgan fingerprint density at radius 2 is 2.45 bits per heavy atom. The Kier molecular flexibility index (Phi) is 1.94. The van der Waals surface area contributed by atoms with E-state index < -0.39 is 5.97 Å². The Hall–Kier alpha value is -1.32. The predicted molar refractivity (Wildman–Crippen MR) is 33.6 cm³/mol. The van der Waals surface area contributed by atoms with Gasteiger partial charge in [0.15, 0.2) is 12.2 Å². The number of aromatic nitrogens is 1. The van der Waals surface area contributed by atoms with Gasteiger partial charge in [0, 0.05) is 6.92 Å². The van der Waals surface area contributed by atoms with Crippen LogP contribution < -0.4 is 9.67 Å². The molecule has 0 aliphatic heterocycles. The topological polar surface area (TPSA) is 57.2 Å². The van der Waals surface area contributed by atoms with Crippen LogP contribution in [0.1, 0.15) is 23.3 Å². The van der Waals surface area contributed by atoms with Gasteiger partial charge in [0.25, 0.3) is 0 Å². The van der Waals surface area contributed by atoms with Crippen LogP contribution in [-0.2, 0) is 6.54 Å². The molecule has 11 heavy (non-hydrogen) atoms. The first kappa shape index (κ1) is 7.78. The molecule has 0 saturated heterocycles. The van der Waals surface area contributed by atoms with Crippen molar-refractivity contribution >= 4 is 5.97 Å². The molecule has 0 N–H and O–H groups in total. The molecular formula is C7H9NO3. The molecule has 1 aromatic rings. The Labute approximate surface area is 64.1 Å². The van der Waals surface area contributed by atoms with Crippen molar-refractivity contribution in [3.8, 4) is 0 Å². The van der Waals surface area contributed by atoms with Crippen molar-refractivity contribution in [3.63, 3.8) is 0 Å². The van der Waals surface area contributed by atoms with Gasteiger partial charge in [-0.1, -0.05) is 0 Å². The molecule has 0 saturated carbocycles. The Balaban J connectivity index is 3.15. The molecule has 4 nitrogen and oxygen atoms in total. The number of carboxylic acid groups (broad SMARTS) is 1. The average molecular weight is 155 g/mol. The highest BCUT2D eigenvalue weighted by atomic mass is 16.4. The summed E-state index contributed by atoms with van der Waals surface area (Å²) in [6.07, 6.45) is 1.40. The van der Waals surface area contributed by atoms with Crippen molar-refractivity contribution in [1.82, 2.24) is 0 Å². The molecule has 0 aliphatic rings. The van der Waals surface area contributed by atoms with E-state index in [1.54, 1.807) is 6.92 Å². The fraction of sp³-hybridized carbons (Fsp3) is 0.429. The van der Waals surface area contributed by atoms with Crippen LogP contribution in [0.5, 0.6) is 0 Å². The maximum Gasteiger partial charge on any atom is 0.396 e. The summed E-state index contributed by atoms with van der Waals surface area (Å²) in [5.41, 5.74) is 0.784. The third kappa shape index (κ3) is 1.24. The van der Waals surface area contributed by atoms with Crippen molar-refractivity contribution in [1.29, 1.82) is 0 Å². The molecule has 0 spiro atoms. The summed E-state index contributed by atoms with van der Waals surface area (Å²) in [6.45, 7) is 4.19. The van der Waals surface area contributed by atoms with Crippen molar-refractivity contribution < 1.29 is 18.9 Å². The van der Waals surface area contributed by atoms with Crippen LogP contribution in [0.15, 0.2) is 10.7 Å². The van der Waals surface area contributed by atoms with Crippen LogP contribution in [0.25, 0.3) is 0 Å². The highest BCUT2D eigenvalue weighted by molar-refractivity contribution is 5.78. The van der Waals surface area contributed by atoms with E-state index in [4.69, 9.17) is 4.42 Å². The summed E-state index contributed by atoms with van der Waals surface area (Å²) in [7, 11) is 0. The molecule has 0 aromatic carbocycles. The molecule has 1 heterocycles. The van der Waals surface area contributed by atoms with Gasteiger partial charge in [-0.2, -0.15) is 4.57 Å². The van der Waals surface area contributed by atoms with Gasteiger partial charge in [-0.05, 0) is 6.92 Å². The van der Waals surface area contributed by atoms with E-state index in [9.17, 15) is 9.90 Å².